The third-order valence-corrected chi connectivity index (χ3v) is 6.44. The van der Waals surface area contributed by atoms with E-state index < -0.39 is 11.8 Å². The van der Waals surface area contributed by atoms with Gasteiger partial charge in [-0.3, -0.25) is 14.4 Å². The molecule has 0 fully saturated rings. The summed E-state index contributed by atoms with van der Waals surface area (Å²) >= 11 is 0. The summed E-state index contributed by atoms with van der Waals surface area (Å²) in [5.41, 5.74) is 3.52. The van der Waals surface area contributed by atoms with Crippen LogP contribution in [0.4, 0.5) is 4.39 Å². The lowest BCUT2D eigenvalue weighted by atomic mass is 9.94. The molecule has 4 aromatic carbocycles. The minimum absolute atomic E-state index is 0.0312. The van der Waals surface area contributed by atoms with Crippen LogP contribution in [-0.4, -0.2) is 34.3 Å². The summed E-state index contributed by atoms with van der Waals surface area (Å²) in [6.45, 7) is 1.98. The van der Waals surface area contributed by atoms with Crippen molar-refractivity contribution in [3.8, 4) is 11.1 Å². The lowest BCUT2D eigenvalue weighted by Crippen LogP contribution is -2.33. The van der Waals surface area contributed by atoms with Crippen LogP contribution in [0.1, 0.15) is 51.2 Å². The number of halogens is 1. The highest BCUT2D eigenvalue weighted by molar-refractivity contribution is 6.06. The first-order chi connectivity index (χ1) is 18.8. The molecule has 7 heteroatoms. The summed E-state index contributed by atoms with van der Waals surface area (Å²) in [5, 5.41) is 12.3. The highest BCUT2D eigenvalue weighted by Crippen LogP contribution is 2.29. The van der Waals surface area contributed by atoms with Gasteiger partial charge in [-0.15, -0.1) is 0 Å². The molecule has 0 saturated carbocycles. The summed E-state index contributed by atoms with van der Waals surface area (Å²) in [4.78, 5) is 40.0. The molecule has 0 aliphatic heterocycles. The minimum Gasteiger partial charge on any atom is -0.481 e. The lowest BCUT2D eigenvalue weighted by molar-refractivity contribution is -0.137. The van der Waals surface area contributed by atoms with E-state index in [1.807, 2.05) is 37.3 Å². The lowest BCUT2D eigenvalue weighted by Gasteiger charge is -2.24. The number of nitrogens with one attached hydrogen (secondary N) is 1. The monoisotopic (exact) mass is 524 g/mol. The van der Waals surface area contributed by atoms with Crippen molar-refractivity contribution >= 4 is 17.8 Å². The Morgan fingerprint density at radius 1 is 0.795 bits per heavy atom. The van der Waals surface area contributed by atoms with E-state index in [-0.39, 0.29) is 37.4 Å². The normalized spacial score (nSPS) is 11.4. The second-order valence-electron chi connectivity index (χ2n) is 9.19. The zero-order valence-corrected chi connectivity index (χ0v) is 21.5. The van der Waals surface area contributed by atoms with E-state index in [4.69, 9.17) is 0 Å². The molecule has 39 heavy (non-hydrogen) atoms. The summed E-state index contributed by atoms with van der Waals surface area (Å²) in [6, 6.07) is 29.1. The number of hydrogen-bond donors (Lipinski definition) is 2. The molecule has 0 aliphatic rings. The largest absolute Gasteiger partial charge is 0.481 e. The molecule has 0 aliphatic carbocycles. The van der Waals surface area contributed by atoms with Gasteiger partial charge in [-0.05, 0) is 53.4 Å². The number of nitrogens with zero attached hydrogens (tertiary/aromatic N) is 1. The van der Waals surface area contributed by atoms with Crippen molar-refractivity contribution in [2.45, 2.75) is 25.9 Å². The smallest absolute Gasteiger partial charge is 0.305 e. The van der Waals surface area contributed by atoms with Gasteiger partial charge in [-0.1, -0.05) is 78.9 Å². The van der Waals surface area contributed by atoms with Crippen LogP contribution in [0.25, 0.3) is 11.1 Å². The van der Waals surface area contributed by atoms with Crippen LogP contribution in [0.2, 0.25) is 0 Å². The number of carboxylic acids is 1. The first-order valence-corrected chi connectivity index (χ1v) is 12.6. The number of hydrogen-bond acceptors (Lipinski definition) is 3. The van der Waals surface area contributed by atoms with E-state index in [0.717, 1.165) is 5.56 Å². The molecule has 2 amide bonds. The Balaban J connectivity index is 1.66. The maximum Gasteiger partial charge on any atom is 0.305 e. The van der Waals surface area contributed by atoms with Gasteiger partial charge in [0, 0.05) is 24.2 Å². The van der Waals surface area contributed by atoms with Crippen molar-refractivity contribution in [1.29, 1.82) is 0 Å². The molecule has 198 valence electrons. The van der Waals surface area contributed by atoms with Gasteiger partial charge in [0.05, 0.1) is 12.5 Å². The maximum absolute atomic E-state index is 13.8. The van der Waals surface area contributed by atoms with Gasteiger partial charge in [-0.2, -0.15) is 0 Å². The molecule has 2 N–H and O–H groups in total. The Bertz CT molecular complexity index is 1450. The van der Waals surface area contributed by atoms with Crippen molar-refractivity contribution in [2.24, 2.45) is 0 Å². The number of carbonyl (C=O) groups is 3. The number of carboxylic acid groups (broad SMARTS) is 1. The number of benzene rings is 4. The van der Waals surface area contributed by atoms with Crippen LogP contribution in [0.5, 0.6) is 0 Å². The highest BCUT2D eigenvalue weighted by Gasteiger charge is 2.23. The molecular formula is C32H29FN2O4. The standard InChI is InChI=1S/C32H29FN2O4/c1-22(24-9-3-2-4-10-24)34-31(38)28-13-7-5-11-26(28)27-12-6-8-14-29(27)32(39)35(20-19-30(36)37)21-23-15-17-25(33)18-16-23/h2-18,22H,19-21H2,1H3,(H,34,38)(H,36,37). The molecule has 0 radical (unpaired) electrons. The van der Waals surface area contributed by atoms with Gasteiger partial charge < -0.3 is 15.3 Å². The number of rotatable bonds is 10. The first kappa shape index (κ1) is 27.3. The van der Waals surface area contributed by atoms with Crippen molar-refractivity contribution in [3.05, 3.63) is 131 Å². The fourth-order valence-corrected chi connectivity index (χ4v) is 4.38. The third-order valence-electron chi connectivity index (χ3n) is 6.44. The van der Waals surface area contributed by atoms with Gasteiger partial charge in [0.25, 0.3) is 11.8 Å². The van der Waals surface area contributed by atoms with Crippen LogP contribution >= 0.6 is 0 Å². The fourth-order valence-electron chi connectivity index (χ4n) is 4.38. The van der Waals surface area contributed by atoms with Gasteiger partial charge >= 0.3 is 5.97 Å². The Labute approximate surface area is 226 Å². The van der Waals surface area contributed by atoms with Crippen LogP contribution < -0.4 is 5.32 Å². The van der Waals surface area contributed by atoms with Crippen molar-refractivity contribution in [3.63, 3.8) is 0 Å². The molecular weight excluding hydrogens is 495 g/mol. The Hall–Kier alpha value is -4.78. The zero-order chi connectivity index (χ0) is 27.8. The average Bonchev–Trinajstić information content (AvgIpc) is 2.96. The van der Waals surface area contributed by atoms with Crippen LogP contribution in [0.3, 0.4) is 0 Å². The number of aliphatic carboxylic acids is 1. The predicted molar refractivity (Wildman–Crippen MR) is 148 cm³/mol. The molecule has 4 aromatic rings. The molecule has 0 heterocycles. The van der Waals surface area contributed by atoms with Gasteiger partial charge in [0.15, 0.2) is 0 Å². The van der Waals surface area contributed by atoms with Crippen molar-refractivity contribution in [2.75, 3.05) is 6.54 Å². The maximum atomic E-state index is 13.8. The quantitative estimate of drug-likeness (QED) is 0.262. The van der Waals surface area contributed by atoms with Gasteiger partial charge in [0.1, 0.15) is 5.82 Å². The Morgan fingerprint density at radius 2 is 1.36 bits per heavy atom. The molecule has 6 nitrogen and oxygen atoms in total. The van der Waals surface area contributed by atoms with Crippen molar-refractivity contribution in [1.82, 2.24) is 10.2 Å². The zero-order valence-electron chi connectivity index (χ0n) is 21.5. The SMILES string of the molecule is CC(NC(=O)c1ccccc1-c1ccccc1C(=O)N(CCC(=O)O)Cc1ccc(F)cc1)c1ccccc1. The molecule has 0 aromatic heterocycles. The summed E-state index contributed by atoms with van der Waals surface area (Å²) < 4.78 is 13.4. The van der Waals surface area contributed by atoms with E-state index in [0.29, 0.717) is 27.8 Å². The molecule has 0 bridgehead atoms. The first-order valence-electron chi connectivity index (χ1n) is 12.6. The van der Waals surface area contributed by atoms with Gasteiger partial charge in [-0.25, -0.2) is 4.39 Å². The minimum atomic E-state index is -1.03. The highest BCUT2D eigenvalue weighted by atomic mass is 19.1. The van der Waals surface area contributed by atoms with Crippen LogP contribution in [-0.2, 0) is 11.3 Å². The second-order valence-corrected chi connectivity index (χ2v) is 9.19. The fraction of sp³-hybridized carbons (Fsp3) is 0.156. The second kappa shape index (κ2) is 12.6. The van der Waals surface area contributed by atoms with E-state index >= 15 is 0 Å². The molecule has 1 atom stereocenters. The summed E-state index contributed by atoms with van der Waals surface area (Å²) in [6.07, 6.45) is -0.245. The number of carbonyl (C=O) groups excluding carboxylic acids is 2. The summed E-state index contributed by atoms with van der Waals surface area (Å²) in [5.74, 6) is -2.10. The van der Waals surface area contributed by atoms with Crippen molar-refractivity contribution < 1.29 is 23.9 Å². The topological polar surface area (TPSA) is 86.7 Å². The van der Waals surface area contributed by atoms with E-state index in [2.05, 4.69) is 5.32 Å². The molecule has 4 rings (SSSR count). The molecule has 1 unspecified atom stereocenters. The predicted octanol–water partition coefficient (Wildman–Crippen LogP) is 6.10. The van der Waals surface area contributed by atoms with Crippen LogP contribution in [0.15, 0.2) is 103 Å². The summed E-state index contributed by atoms with van der Waals surface area (Å²) in [7, 11) is 0. The van der Waals surface area contributed by atoms with Crippen LogP contribution in [0, 0.1) is 5.82 Å². The van der Waals surface area contributed by atoms with E-state index in [1.54, 1.807) is 60.7 Å². The third kappa shape index (κ3) is 6.96. The average molecular weight is 525 g/mol. The number of amides is 2. The Morgan fingerprint density at radius 3 is 2.00 bits per heavy atom. The Kier molecular flexibility index (Phi) is 8.84. The van der Waals surface area contributed by atoms with E-state index in [9.17, 15) is 23.9 Å². The molecule has 0 saturated heterocycles. The van der Waals surface area contributed by atoms with E-state index in [1.165, 1.54) is 17.0 Å². The molecule has 0 spiro atoms. The van der Waals surface area contributed by atoms with Gasteiger partial charge in [0.2, 0.25) is 0 Å².